The molecule has 5 nitrogen and oxygen atoms in total. The summed E-state index contributed by atoms with van der Waals surface area (Å²) in [5.41, 5.74) is 7.89. The lowest BCUT2D eigenvalue weighted by molar-refractivity contribution is -0.117. The van der Waals surface area contributed by atoms with Gasteiger partial charge in [-0.15, -0.1) is 0 Å². The highest BCUT2D eigenvalue weighted by Gasteiger charge is 2.17. The van der Waals surface area contributed by atoms with E-state index in [4.69, 9.17) is 5.73 Å². The molecule has 1 aromatic rings. The molecule has 2 rings (SSSR count). The van der Waals surface area contributed by atoms with Gasteiger partial charge in [0, 0.05) is 36.8 Å². The van der Waals surface area contributed by atoms with Crippen LogP contribution in [0.3, 0.4) is 0 Å². The van der Waals surface area contributed by atoms with Crippen molar-refractivity contribution >= 4 is 11.7 Å². The van der Waals surface area contributed by atoms with Crippen molar-refractivity contribution in [3.63, 3.8) is 0 Å². The summed E-state index contributed by atoms with van der Waals surface area (Å²) in [5, 5.41) is 2.56. The Morgan fingerprint density at radius 1 is 1.10 bits per heavy atom. The zero-order valence-electron chi connectivity index (χ0n) is 18.3. The van der Waals surface area contributed by atoms with Crippen LogP contribution in [0.25, 0.3) is 0 Å². The zero-order chi connectivity index (χ0) is 21.5. The van der Waals surface area contributed by atoms with Gasteiger partial charge in [-0.1, -0.05) is 64.3 Å². The van der Waals surface area contributed by atoms with E-state index in [-0.39, 0.29) is 24.3 Å². The Balaban J connectivity index is 0.000000291. The van der Waals surface area contributed by atoms with E-state index in [2.05, 4.69) is 23.7 Å². The fraction of sp³-hybridized carbons (Fsp3) is 0.583. The predicted octanol–water partition coefficient (Wildman–Crippen LogP) is 4.29. The number of hydrogen-bond acceptors (Lipinski definition) is 4. The van der Waals surface area contributed by atoms with Crippen molar-refractivity contribution in [2.24, 2.45) is 5.73 Å². The molecule has 1 atom stereocenters. The lowest BCUT2D eigenvalue weighted by atomic mass is 10.1. The molecule has 3 N–H and O–H groups in total. The van der Waals surface area contributed by atoms with E-state index in [0.29, 0.717) is 12.0 Å². The molecule has 5 heteroatoms. The number of benzene rings is 1. The molecule has 1 aliphatic rings. The van der Waals surface area contributed by atoms with Crippen LogP contribution in [0.1, 0.15) is 75.6 Å². The minimum absolute atomic E-state index is 0.0364. The van der Waals surface area contributed by atoms with Crippen LogP contribution < -0.4 is 11.1 Å². The standard InChI is InChI=1S/C13H26N2.C11H13NO2/c1-3-4-5-6-9-13(14)12(2)15-10-7-8-11-15;1-2-10(13)8-12-11(14)9-6-4-3-5-7-9/h13H,2-11,14H2,1H3;3-7H,2,8H2,1H3,(H,12,14). The summed E-state index contributed by atoms with van der Waals surface area (Å²) >= 11 is 0. The van der Waals surface area contributed by atoms with Crippen LogP contribution >= 0.6 is 0 Å². The first-order valence-electron chi connectivity index (χ1n) is 11.0. The molecule has 1 heterocycles. The fourth-order valence-electron chi connectivity index (χ4n) is 3.19. The number of amides is 1. The van der Waals surface area contributed by atoms with Crippen molar-refractivity contribution in [2.45, 2.75) is 71.3 Å². The van der Waals surface area contributed by atoms with Crippen LogP contribution in [-0.4, -0.2) is 42.3 Å². The smallest absolute Gasteiger partial charge is 0.251 e. The molecule has 0 radical (unpaired) electrons. The molecule has 0 aliphatic carbocycles. The second-order valence-corrected chi connectivity index (χ2v) is 7.58. The quantitative estimate of drug-likeness (QED) is 0.542. The zero-order valence-corrected chi connectivity index (χ0v) is 18.3. The Morgan fingerprint density at radius 2 is 1.76 bits per heavy atom. The van der Waals surface area contributed by atoms with Crippen molar-refractivity contribution < 1.29 is 9.59 Å². The van der Waals surface area contributed by atoms with Crippen LogP contribution in [0.15, 0.2) is 42.6 Å². The molecule has 1 unspecified atom stereocenters. The van der Waals surface area contributed by atoms with Gasteiger partial charge in [-0.2, -0.15) is 0 Å². The van der Waals surface area contributed by atoms with Crippen LogP contribution in [0.4, 0.5) is 0 Å². The predicted molar refractivity (Wildman–Crippen MR) is 121 cm³/mol. The highest BCUT2D eigenvalue weighted by atomic mass is 16.2. The average Bonchev–Trinajstić information content (AvgIpc) is 3.30. The summed E-state index contributed by atoms with van der Waals surface area (Å²) < 4.78 is 0. The molecule has 1 aromatic carbocycles. The SMILES string of the molecule is C=C(C(N)CCCCCC)N1CCCC1.CCC(=O)CNC(=O)c1ccccc1. The third kappa shape index (κ3) is 10.3. The Hall–Kier alpha value is -2.14. The summed E-state index contributed by atoms with van der Waals surface area (Å²) in [5.74, 6) is -0.165. The summed E-state index contributed by atoms with van der Waals surface area (Å²) in [6.45, 7) is 10.6. The van der Waals surface area contributed by atoms with Gasteiger partial charge in [0.25, 0.3) is 5.91 Å². The third-order valence-corrected chi connectivity index (χ3v) is 5.19. The van der Waals surface area contributed by atoms with E-state index in [0.717, 1.165) is 6.42 Å². The molecular weight excluding hydrogens is 362 g/mol. The van der Waals surface area contributed by atoms with Crippen LogP contribution in [0, 0.1) is 0 Å². The molecule has 0 spiro atoms. The molecule has 1 aliphatic heterocycles. The van der Waals surface area contributed by atoms with E-state index in [1.165, 1.54) is 57.3 Å². The van der Waals surface area contributed by atoms with E-state index >= 15 is 0 Å². The number of nitrogens with zero attached hydrogens (tertiary/aromatic N) is 1. The van der Waals surface area contributed by atoms with Crippen molar-refractivity contribution in [1.82, 2.24) is 10.2 Å². The highest BCUT2D eigenvalue weighted by molar-refractivity contribution is 5.96. The lowest BCUT2D eigenvalue weighted by Gasteiger charge is -2.25. The van der Waals surface area contributed by atoms with Crippen molar-refractivity contribution in [3.8, 4) is 0 Å². The van der Waals surface area contributed by atoms with Gasteiger partial charge in [0.15, 0.2) is 5.78 Å². The maximum atomic E-state index is 11.4. The topological polar surface area (TPSA) is 75.4 Å². The first kappa shape index (κ1) is 24.9. The number of hydrogen-bond donors (Lipinski definition) is 2. The molecule has 0 bridgehead atoms. The van der Waals surface area contributed by atoms with Crippen molar-refractivity contribution in [2.75, 3.05) is 19.6 Å². The molecule has 29 heavy (non-hydrogen) atoms. The number of rotatable bonds is 11. The normalized spacial score (nSPS) is 14.0. The maximum Gasteiger partial charge on any atom is 0.251 e. The number of nitrogens with one attached hydrogen (secondary N) is 1. The van der Waals surface area contributed by atoms with Crippen molar-refractivity contribution in [3.05, 3.63) is 48.2 Å². The van der Waals surface area contributed by atoms with E-state index in [9.17, 15) is 9.59 Å². The van der Waals surface area contributed by atoms with E-state index in [1.54, 1.807) is 31.2 Å². The number of unbranched alkanes of at least 4 members (excludes halogenated alkanes) is 3. The number of ketones is 1. The first-order chi connectivity index (χ1) is 14.0. The molecule has 162 valence electrons. The van der Waals surface area contributed by atoms with Gasteiger partial charge >= 0.3 is 0 Å². The maximum absolute atomic E-state index is 11.4. The number of Topliss-reactive ketones (excluding diaryl/α,β-unsaturated/α-hetero) is 1. The lowest BCUT2D eigenvalue weighted by Crippen LogP contribution is -2.32. The Kier molecular flexibility index (Phi) is 12.7. The van der Waals surface area contributed by atoms with E-state index in [1.807, 2.05) is 6.07 Å². The Labute approximate surface area is 176 Å². The third-order valence-electron chi connectivity index (χ3n) is 5.19. The Bertz CT molecular complexity index is 610. The Morgan fingerprint density at radius 3 is 2.34 bits per heavy atom. The monoisotopic (exact) mass is 401 g/mol. The van der Waals surface area contributed by atoms with Gasteiger partial charge in [-0.3, -0.25) is 9.59 Å². The van der Waals surface area contributed by atoms with Gasteiger partial charge in [-0.25, -0.2) is 0 Å². The van der Waals surface area contributed by atoms with Crippen LogP contribution in [-0.2, 0) is 4.79 Å². The molecular formula is C24H39N3O2. The second-order valence-electron chi connectivity index (χ2n) is 7.58. The first-order valence-corrected chi connectivity index (χ1v) is 11.0. The number of carbonyl (C=O) groups is 2. The summed E-state index contributed by atoms with van der Waals surface area (Å²) in [7, 11) is 0. The van der Waals surface area contributed by atoms with Gasteiger partial charge < -0.3 is 16.0 Å². The largest absolute Gasteiger partial charge is 0.374 e. The second kappa shape index (κ2) is 14.8. The number of carbonyl (C=O) groups excluding carboxylic acids is 2. The van der Waals surface area contributed by atoms with Crippen molar-refractivity contribution in [1.29, 1.82) is 0 Å². The minimum atomic E-state index is -0.201. The van der Waals surface area contributed by atoms with E-state index < -0.39 is 0 Å². The molecule has 0 aromatic heterocycles. The minimum Gasteiger partial charge on any atom is -0.374 e. The molecule has 1 saturated heterocycles. The summed E-state index contributed by atoms with van der Waals surface area (Å²) in [6, 6.07) is 9.04. The van der Waals surface area contributed by atoms with Gasteiger partial charge in [0.2, 0.25) is 0 Å². The summed E-state index contributed by atoms with van der Waals surface area (Å²) in [6.07, 6.45) is 9.37. The van der Waals surface area contributed by atoms with Crippen LogP contribution in [0.5, 0.6) is 0 Å². The van der Waals surface area contributed by atoms with Gasteiger partial charge in [0.05, 0.1) is 6.54 Å². The molecule has 0 saturated carbocycles. The number of likely N-dealkylation sites (tertiary alicyclic amines) is 1. The van der Waals surface area contributed by atoms with Gasteiger partial charge in [0.1, 0.15) is 0 Å². The summed E-state index contributed by atoms with van der Waals surface area (Å²) in [4.78, 5) is 24.7. The van der Waals surface area contributed by atoms with Crippen LogP contribution in [0.2, 0.25) is 0 Å². The average molecular weight is 402 g/mol. The number of nitrogens with two attached hydrogens (primary N) is 1. The highest BCUT2D eigenvalue weighted by Crippen LogP contribution is 2.18. The molecule has 1 fully saturated rings. The molecule has 1 amide bonds. The van der Waals surface area contributed by atoms with Gasteiger partial charge in [-0.05, 0) is 31.4 Å². The fourth-order valence-corrected chi connectivity index (χ4v) is 3.19.